The highest BCUT2D eigenvalue weighted by Crippen LogP contribution is 2.19. The summed E-state index contributed by atoms with van der Waals surface area (Å²) in [5.41, 5.74) is 4.74. The lowest BCUT2D eigenvalue weighted by atomic mass is 10.0. The largest absolute Gasteiger partial charge is 0.280 e. The highest BCUT2D eigenvalue weighted by atomic mass is 19.1. The molecule has 1 heterocycles. The van der Waals surface area contributed by atoms with Gasteiger partial charge in [-0.1, -0.05) is 6.92 Å². The van der Waals surface area contributed by atoms with Crippen LogP contribution in [0.15, 0.2) is 28.8 Å². The molecule has 0 saturated heterocycles. The van der Waals surface area contributed by atoms with E-state index in [4.69, 9.17) is 0 Å². The van der Waals surface area contributed by atoms with Crippen LogP contribution in [-0.2, 0) is 0 Å². The van der Waals surface area contributed by atoms with E-state index in [1.165, 1.54) is 5.57 Å². The molecule has 0 N–H and O–H groups in total. The molecule has 1 aromatic carbocycles. The van der Waals surface area contributed by atoms with Crippen molar-refractivity contribution in [2.45, 2.75) is 27.2 Å². The first kappa shape index (κ1) is 11.1. The molecule has 0 unspecified atom stereocenters. The summed E-state index contributed by atoms with van der Waals surface area (Å²) < 4.78 is 13.5. The summed E-state index contributed by atoms with van der Waals surface area (Å²) >= 11 is 0. The van der Waals surface area contributed by atoms with Crippen molar-refractivity contribution in [3.63, 3.8) is 0 Å². The fourth-order valence-corrected chi connectivity index (χ4v) is 1.95. The molecule has 0 radical (unpaired) electrons. The second-order valence-corrected chi connectivity index (χ2v) is 4.28. The Morgan fingerprint density at radius 2 is 1.88 bits per heavy atom. The van der Waals surface area contributed by atoms with Gasteiger partial charge in [-0.3, -0.25) is 4.99 Å². The van der Waals surface area contributed by atoms with Crippen molar-refractivity contribution in [2.24, 2.45) is 4.99 Å². The summed E-state index contributed by atoms with van der Waals surface area (Å²) in [5, 5.41) is 0. The van der Waals surface area contributed by atoms with Gasteiger partial charge >= 0.3 is 0 Å². The molecule has 1 nitrogen and oxygen atoms in total. The molecule has 1 aliphatic heterocycles. The lowest BCUT2D eigenvalue weighted by Crippen LogP contribution is -1.98. The van der Waals surface area contributed by atoms with Gasteiger partial charge in [0.15, 0.2) is 0 Å². The van der Waals surface area contributed by atoms with Gasteiger partial charge in [0.05, 0.1) is 12.3 Å². The maximum atomic E-state index is 13.5. The average molecular weight is 217 g/mol. The number of allylic oxidation sites excluding steroid dienone is 1. The van der Waals surface area contributed by atoms with E-state index in [2.05, 4.69) is 18.0 Å². The van der Waals surface area contributed by atoms with Crippen LogP contribution in [0.2, 0.25) is 0 Å². The second-order valence-electron chi connectivity index (χ2n) is 4.28. The minimum Gasteiger partial charge on any atom is -0.280 e. The normalized spacial score (nSPS) is 15.0. The van der Waals surface area contributed by atoms with Crippen LogP contribution in [0.1, 0.15) is 30.0 Å². The maximum absolute atomic E-state index is 13.5. The first-order valence-electron chi connectivity index (χ1n) is 5.63. The molecule has 84 valence electrons. The van der Waals surface area contributed by atoms with Gasteiger partial charge in [-0.25, -0.2) is 4.39 Å². The van der Waals surface area contributed by atoms with Crippen molar-refractivity contribution in [1.29, 1.82) is 0 Å². The third kappa shape index (κ3) is 1.92. The molecule has 0 aromatic heterocycles. The van der Waals surface area contributed by atoms with Crippen molar-refractivity contribution in [3.8, 4) is 0 Å². The molecule has 0 bridgehead atoms. The van der Waals surface area contributed by atoms with E-state index in [0.717, 1.165) is 24.2 Å². The molecule has 0 saturated carbocycles. The van der Waals surface area contributed by atoms with E-state index in [1.807, 2.05) is 12.1 Å². The summed E-state index contributed by atoms with van der Waals surface area (Å²) in [5.74, 6) is -0.109. The summed E-state index contributed by atoms with van der Waals surface area (Å²) in [4.78, 5) is 4.47. The zero-order chi connectivity index (χ0) is 11.7. The Morgan fingerprint density at radius 3 is 2.38 bits per heavy atom. The predicted molar refractivity (Wildman–Crippen MR) is 65.7 cm³/mol. The Morgan fingerprint density at radius 1 is 1.25 bits per heavy atom. The molecular weight excluding hydrogens is 201 g/mol. The van der Waals surface area contributed by atoms with Crippen LogP contribution >= 0.6 is 0 Å². The van der Waals surface area contributed by atoms with Crippen molar-refractivity contribution >= 4 is 5.71 Å². The number of nitrogens with zero attached hydrogens (tertiary/aromatic N) is 1. The number of benzene rings is 1. The van der Waals surface area contributed by atoms with Gasteiger partial charge in [-0.2, -0.15) is 0 Å². The number of aliphatic imine (C=N–C) groups is 1. The van der Waals surface area contributed by atoms with E-state index in [9.17, 15) is 4.39 Å². The van der Waals surface area contributed by atoms with Crippen LogP contribution in [0.25, 0.3) is 0 Å². The molecular formula is C14H16FN. The fourth-order valence-electron chi connectivity index (χ4n) is 1.95. The standard InChI is InChI=1S/C14H16FN/c1-4-11-7-13(16-8-11)12-5-9(2)14(15)10(3)6-12/h5-7H,4,8H2,1-3H3. The number of aryl methyl sites for hydroxylation is 2. The van der Waals surface area contributed by atoms with Crippen molar-refractivity contribution in [3.05, 3.63) is 46.3 Å². The van der Waals surface area contributed by atoms with Gasteiger partial charge in [-0.05, 0) is 55.2 Å². The van der Waals surface area contributed by atoms with Gasteiger partial charge in [0.2, 0.25) is 0 Å². The Labute approximate surface area is 95.7 Å². The summed E-state index contributed by atoms with van der Waals surface area (Å²) in [6, 6.07) is 3.74. The van der Waals surface area contributed by atoms with Crippen LogP contribution in [0, 0.1) is 19.7 Å². The van der Waals surface area contributed by atoms with Gasteiger partial charge in [-0.15, -0.1) is 0 Å². The average Bonchev–Trinajstić information content (AvgIpc) is 2.73. The quantitative estimate of drug-likeness (QED) is 0.718. The van der Waals surface area contributed by atoms with Crippen LogP contribution in [0.3, 0.4) is 0 Å². The lowest BCUT2D eigenvalue weighted by Gasteiger charge is -2.05. The number of rotatable bonds is 2. The molecule has 0 fully saturated rings. The molecule has 2 rings (SSSR count). The van der Waals surface area contributed by atoms with Crippen LogP contribution in [-0.4, -0.2) is 12.3 Å². The molecule has 0 spiro atoms. The highest BCUT2D eigenvalue weighted by molar-refractivity contribution is 6.10. The monoisotopic (exact) mass is 217 g/mol. The third-order valence-electron chi connectivity index (χ3n) is 2.98. The Kier molecular flexibility index (Phi) is 2.90. The summed E-state index contributed by atoms with van der Waals surface area (Å²) in [7, 11) is 0. The lowest BCUT2D eigenvalue weighted by molar-refractivity contribution is 0.609. The van der Waals surface area contributed by atoms with Gasteiger partial charge in [0.25, 0.3) is 0 Å². The fraction of sp³-hybridized carbons (Fsp3) is 0.357. The molecule has 16 heavy (non-hydrogen) atoms. The summed E-state index contributed by atoms with van der Waals surface area (Å²) in [6.07, 6.45) is 3.15. The van der Waals surface area contributed by atoms with Crippen molar-refractivity contribution in [2.75, 3.05) is 6.54 Å². The van der Waals surface area contributed by atoms with Gasteiger partial charge < -0.3 is 0 Å². The Balaban J connectivity index is 2.40. The number of halogens is 1. The zero-order valence-corrected chi connectivity index (χ0v) is 9.97. The molecule has 2 heteroatoms. The maximum Gasteiger partial charge on any atom is 0.129 e. The molecule has 0 atom stereocenters. The molecule has 1 aromatic rings. The number of hydrogen-bond donors (Lipinski definition) is 0. The van der Waals surface area contributed by atoms with Crippen LogP contribution < -0.4 is 0 Å². The first-order valence-corrected chi connectivity index (χ1v) is 5.63. The SMILES string of the molecule is CCC1=CC(c2cc(C)c(F)c(C)c2)=NC1. The first-order chi connectivity index (χ1) is 7.61. The van der Waals surface area contributed by atoms with E-state index in [1.54, 1.807) is 13.8 Å². The molecule has 0 amide bonds. The number of hydrogen-bond acceptors (Lipinski definition) is 1. The van der Waals surface area contributed by atoms with Crippen molar-refractivity contribution < 1.29 is 4.39 Å². The Hall–Kier alpha value is -1.44. The van der Waals surface area contributed by atoms with Crippen LogP contribution in [0.5, 0.6) is 0 Å². The zero-order valence-electron chi connectivity index (χ0n) is 9.97. The van der Waals surface area contributed by atoms with E-state index < -0.39 is 0 Å². The predicted octanol–water partition coefficient (Wildman–Crippen LogP) is 3.58. The molecule has 0 aliphatic carbocycles. The van der Waals surface area contributed by atoms with Gasteiger partial charge in [0, 0.05) is 5.56 Å². The minimum absolute atomic E-state index is 0.109. The van der Waals surface area contributed by atoms with Crippen molar-refractivity contribution in [1.82, 2.24) is 0 Å². The van der Waals surface area contributed by atoms with Crippen LogP contribution in [0.4, 0.5) is 4.39 Å². The van der Waals surface area contributed by atoms with E-state index in [-0.39, 0.29) is 5.82 Å². The topological polar surface area (TPSA) is 12.4 Å². The highest BCUT2D eigenvalue weighted by Gasteiger charge is 2.11. The minimum atomic E-state index is -0.109. The molecule has 1 aliphatic rings. The third-order valence-corrected chi connectivity index (χ3v) is 2.98. The smallest absolute Gasteiger partial charge is 0.129 e. The van der Waals surface area contributed by atoms with Gasteiger partial charge in [0.1, 0.15) is 5.82 Å². The Bertz CT molecular complexity index is 461. The summed E-state index contributed by atoms with van der Waals surface area (Å²) in [6.45, 7) is 6.52. The second kappa shape index (κ2) is 4.20. The van der Waals surface area contributed by atoms with E-state index >= 15 is 0 Å². The van der Waals surface area contributed by atoms with E-state index in [0.29, 0.717) is 11.1 Å².